The van der Waals surface area contributed by atoms with Crippen LogP contribution in [0, 0.1) is 0 Å². The van der Waals surface area contributed by atoms with Gasteiger partial charge in [0.05, 0.1) is 39.2 Å². The molecule has 152 valence electrons. The molecule has 28 heavy (non-hydrogen) atoms. The molecule has 0 aliphatic heterocycles. The molecule has 1 atom stereocenters. The number of methoxy groups -OCH3 is 3. The molecule has 0 aromatic heterocycles. The number of amides is 1. The predicted molar refractivity (Wildman–Crippen MR) is 107 cm³/mol. The lowest BCUT2D eigenvalue weighted by molar-refractivity contribution is 0.0936. The van der Waals surface area contributed by atoms with Crippen molar-refractivity contribution in [2.75, 3.05) is 32.3 Å². The minimum Gasteiger partial charge on any atom is -0.493 e. The van der Waals surface area contributed by atoms with Crippen LogP contribution < -0.4 is 24.2 Å². The molecule has 2 aromatic rings. The average Bonchev–Trinajstić information content (AvgIpc) is 2.65. The molecule has 1 amide bonds. The van der Waals surface area contributed by atoms with E-state index < -0.39 is 10.0 Å². The van der Waals surface area contributed by atoms with Crippen molar-refractivity contribution in [3.8, 4) is 17.2 Å². The summed E-state index contributed by atoms with van der Waals surface area (Å²) in [5.74, 6) is 0.724. The Morgan fingerprint density at radius 2 is 1.54 bits per heavy atom. The zero-order valence-corrected chi connectivity index (χ0v) is 17.2. The van der Waals surface area contributed by atoms with Crippen molar-refractivity contribution < 1.29 is 27.4 Å². The summed E-state index contributed by atoms with van der Waals surface area (Å²) in [7, 11) is 1.08. The van der Waals surface area contributed by atoms with Gasteiger partial charge in [-0.3, -0.25) is 9.52 Å². The lowest BCUT2D eigenvalue weighted by Crippen LogP contribution is -2.27. The van der Waals surface area contributed by atoms with E-state index >= 15 is 0 Å². The summed E-state index contributed by atoms with van der Waals surface area (Å²) in [6.45, 7) is 1.82. The molecule has 9 heteroatoms. The molecule has 0 aliphatic carbocycles. The molecule has 2 N–H and O–H groups in total. The number of ether oxygens (including phenoxy) is 3. The Morgan fingerprint density at radius 3 is 2.04 bits per heavy atom. The van der Waals surface area contributed by atoms with E-state index in [9.17, 15) is 13.2 Å². The monoisotopic (exact) mass is 408 g/mol. The average molecular weight is 408 g/mol. The van der Waals surface area contributed by atoms with Crippen LogP contribution in [0.3, 0.4) is 0 Å². The highest BCUT2D eigenvalue weighted by molar-refractivity contribution is 7.92. The molecular weight excluding hydrogens is 384 g/mol. The lowest BCUT2D eigenvalue weighted by Gasteiger charge is -2.18. The SMILES string of the molecule is COc1ccc(C(=O)N[C@@H](C)c2ccc(NS(C)(=O)=O)cc2)c(OC)c1OC. The Kier molecular flexibility index (Phi) is 6.74. The van der Waals surface area contributed by atoms with Crippen LogP contribution in [0.2, 0.25) is 0 Å². The van der Waals surface area contributed by atoms with Crippen LogP contribution in [0.4, 0.5) is 5.69 Å². The molecule has 2 aromatic carbocycles. The Balaban J connectivity index is 2.20. The van der Waals surface area contributed by atoms with Gasteiger partial charge < -0.3 is 19.5 Å². The first-order valence-electron chi connectivity index (χ1n) is 8.37. The van der Waals surface area contributed by atoms with Gasteiger partial charge in [-0.1, -0.05) is 12.1 Å². The summed E-state index contributed by atoms with van der Waals surface area (Å²) in [6.07, 6.45) is 1.08. The van der Waals surface area contributed by atoms with Crippen molar-refractivity contribution in [1.82, 2.24) is 5.32 Å². The first-order valence-corrected chi connectivity index (χ1v) is 10.3. The van der Waals surface area contributed by atoms with E-state index in [0.717, 1.165) is 11.8 Å². The number of anilines is 1. The van der Waals surface area contributed by atoms with E-state index in [1.165, 1.54) is 21.3 Å². The van der Waals surface area contributed by atoms with Gasteiger partial charge in [0.15, 0.2) is 11.5 Å². The van der Waals surface area contributed by atoms with Crippen molar-refractivity contribution in [2.24, 2.45) is 0 Å². The van der Waals surface area contributed by atoms with E-state index in [4.69, 9.17) is 14.2 Å². The fourth-order valence-electron chi connectivity index (χ4n) is 2.69. The van der Waals surface area contributed by atoms with Gasteiger partial charge in [-0.2, -0.15) is 0 Å². The maximum atomic E-state index is 12.8. The largest absolute Gasteiger partial charge is 0.493 e. The van der Waals surface area contributed by atoms with Crippen LogP contribution in [0.25, 0.3) is 0 Å². The molecule has 0 heterocycles. The molecule has 0 aliphatic rings. The second-order valence-electron chi connectivity index (χ2n) is 6.07. The summed E-state index contributed by atoms with van der Waals surface area (Å²) in [5, 5.41) is 2.89. The van der Waals surface area contributed by atoms with Crippen LogP contribution in [0.5, 0.6) is 17.2 Å². The highest BCUT2D eigenvalue weighted by Crippen LogP contribution is 2.39. The second-order valence-corrected chi connectivity index (χ2v) is 7.82. The summed E-state index contributed by atoms with van der Waals surface area (Å²) >= 11 is 0. The molecule has 0 saturated carbocycles. The third kappa shape index (κ3) is 5.07. The van der Waals surface area contributed by atoms with E-state index in [1.54, 1.807) is 36.4 Å². The number of hydrogen-bond donors (Lipinski definition) is 2. The zero-order valence-electron chi connectivity index (χ0n) is 16.4. The number of rotatable bonds is 8. The third-order valence-electron chi connectivity index (χ3n) is 4.01. The summed E-state index contributed by atoms with van der Waals surface area (Å²) in [6, 6.07) is 9.66. The van der Waals surface area contributed by atoms with Crippen LogP contribution >= 0.6 is 0 Å². The maximum Gasteiger partial charge on any atom is 0.255 e. The number of sulfonamides is 1. The van der Waals surface area contributed by atoms with Crippen LogP contribution in [0.1, 0.15) is 28.9 Å². The maximum absolute atomic E-state index is 12.8. The molecule has 0 fully saturated rings. The van der Waals surface area contributed by atoms with Crippen molar-refractivity contribution in [1.29, 1.82) is 0 Å². The first kappa shape index (κ1) is 21.4. The highest BCUT2D eigenvalue weighted by atomic mass is 32.2. The second kappa shape index (κ2) is 8.83. The Labute approximate surface area is 164 Å². The molecule has 8 nitrogen and oxygen atoms in total. The molecule has 0 radical (unpaired) electrons. The number of carbonyl (C=O) groups excluding carboxylic acids is 1. The Hall–Kier alpha value is -2.94. The molecular formula is C19H24N2O6S. The van der Waals surface area contributed by atoms with Gasteiger partial charge in [0, 0.05) is 5.69 Å². The van der Waals surface area contributed by atoms with Crippen LogP contribution in [0.15, 0.2) is 36.4 Å². The standard InChI is InChI=1S/C19H24N2O6S/c1-12(13-6-8-14(9-7-13)21-28(5,23)24)20-19(22)15-10-11-16(25-2)18(27-4)17(15)26-3/h6-12,21H,1-5H3,(H,20,22)/t12-/m0/s1. The molecule has 0 spiro atoms. The van der Waals surface area contributed by atoms with Gasteiger partial charge in [0.2, 0.25) is 15.8 Å². The van der Waals surface area contributed by atoms with Gasteiger partial charge in [-0.15, -0.1) is 0 Å². The van der Waals surface area contributed by atoms with Crippen molar-refractivity contribution in [2.45, 2.75) is 13.0 Å². The number of nitrogens with one attached hydrogen (secondary N) is 2. The third-order valence-corrected chi connectivity index (χ3v) is 4.62. The van der Waals surface area contributed by atoms with E-state index in [1.807, 2.05) is 6.92 Å². The minimum absolute atomic E-state index is 0.277. The zero-order chi connectivity index (χ0) is 20.9. The fraction of sp³-hybridized carbons (Fsp3) is 0.316. The first-order chi connectivity index (χ1) is 13.2. The normalized spacial score (nSPS) is 12.0. The fourth-order valence-corrected chi connectivity index (χ4v) is 3.26. The van der Waals surface area contributed by atoms with Gasteiger partial charge >= 0.3 is 0 Å². The van der Waals surface area contributed by atoms with E-state index in [2.05, 4.69) is 10.0 Å². The quantitative estimate of drug-likeness (QED) is 0.696. The van der Waals surface area contributed by atoms with Gasteiger partial charge in [0.25, 0.3) is 5.91 Å². The van der Waals surface area contributed by atoms with Crippen molar-refractivity contribution in [3.63, 3.8) is 0 Å². The van der Waals surface area contributed by atoms with Gasteiger partial charge in [0.1, 0.15) is 0 Å². The number of carbonyl (C=O) groups is 1. The Bertz CT molecular complexity index is 942. The van der Waals surface area contributed by atoms with Crippen LogP contribution in [-0.2, 0) is 10.0 Å². The summed E-state index contributed by atoms with van der Waals surface area (Å²) in [4.78, 5) is 12.8. The number of benzene rings is 2. The molecule has 0 unspecified atom stereocenters. The molecule has 0 bridgehead atoms. The van der Waals surface area contributed by atoms with E-state index in [-0.39, 0.29) is 17.7 Å². The molecule has 2 rings (SSSR count). The van der Waals surface area contributed by atoms with Crippen molar-refractivity contribution in [3.05, 3.63) is 47.5 Å². The highest BCUT2D eigenvalue weighted by Gasteiger charge is 2.22. The van der Waals surface area contributed by atoms with Crippen molar-refractivity contribution >= 4 is 21.6 Å². The van der Waals surface area contributed by atoms with E-state index in [0.29, 0.717) is 22.7 Å². The summed E-state index contributed by atoms with van der Waals surface area (Å²) in [5.41, 5.74) is 1.57. The predicted octanol–water partition coefficient (Wildman–Crippen LogP) is 2.57. The number of hydrogen-bond acceptors (Lipinski definition) is 6. The molecule has 0 saturated heterocycles. The Morgan fingerprint density at radius 1 is 0.929 bits per heavy atom. The smallest absolute Gasteiger partial charge is 0.255 e. The lowest BCUT2D eigenvalue weighted by atomic mass is 10.1. The topological polar surface area (TPSA) is 103 Å². The summed E-state index contributed by atoms with van der Waals surface area (Å²) < 4.78 is 40.8. The minimum atomic E-state index is -3.34. The van der Waals surface area contributed by atoms with Crippen LogP contribution in [-0.4, -0.2) is 41.9 Å². The van der Waals surface area contributed by atoms with Gasteiger partial charge in [-0.25, -0.2) is 8.42 Å². The van der Waals surface area contributed by atoms with Gasteiger partial charge in [-0.05, 0) is 36.8 Å².